The number of hydrogen-bond acceptors (Lipinski definition) is 2. The average Bonchev–Trinajstić information content (AvgIpc) is 2.92. The quantitative estimate of drug-likeness (QED) is 0.442. The fourth-order valence-electron chi connectivity index (χ4n) is 3.00. The van der Waals surface area contributed by atoms with Gasteiger partial charge >= 0.3 is 0 Å². The van der Waals surface area contributed by atoms with Crippen molar-refractivity contribution in [2.75, 3.05) is 5.32 Å². The summed E-state index contributed by atoms with van der Waals surface area (Å²) in [5, 5.41) is 8.55. The number of anilines is 2. The molecule has 0 atom stereocenters. The van der Waals surface area contributed by atoms with E-state index in [0.29, 0.717) is 9.52 Å². The minimum Gasteiger partial charge on any atom is -0.456 e. The number of furan rings is 1. The maximum absolute atomic E-state index is 6.13. The zero-order valence-electron chi connectivity index (χ0n) is 11.2. The molecule has 1 aliphatic heterocycles. The molecule has 1 aromatic heterocycles. The van der Waals surface area contributed by atoms with Crippen LogP contribution in [0.15, 0.2) is 65.1 Å². The smallest absolute Gasteiger partial charge is 0.136 e. The van der Waals surface area contributed by atoms with E-state index in [2.05, 4.69) is 53.8 Å². The van der Waals surface area contributed by atoms with Gasteiger partial charge in [0.25, 0.3) is 0 Å². The molecule has 0 bridgehead atoms. The van der Waals surface area contributed by atoms with Gasteiger partial charge in [-0.15, -0.1) is 0 Å². The first kappa shape index (κ1) is 11.2. The molecule has 1 N–H and O–H groups in total. The normalized spacial score (nSPS) is 13.0. The zero-order chi connectivity index (χ0) is 13.8. The SMILES string of the molecule is c1ccc2c(c1)Nc1ccc3c(oc4ccccc43)c1[Si]2. The lowest BCUT2D eigenvalue weighted by molar-refractivity contribution is 0.671. The van der Waals surface area contributed by atoms with Crippen LogP contribution in [0.1, 0.15) is 0 Å². The summed E-state index contributed by atoms with van der Waals surface area (Å²) < 4.78 is 6.13. The van der Waals surface area contributed by atoms with Crippen LogP contribution in [0, 0.1) is 0 Å². The molecule has 3 heteroatoms. The first-order valence-corrected chi connectivity index (χ1v) is 7.97. The number of para-hydroxylation sites is 2. The van der Waals surface area contributed by atoms with E-state index in [1.807, 2.05) is 12.1 Å². The van der Waals surface area contributed by atoms with E-state index in [9.17, 15) is 0 Å². The number of benzene rings is 3. The highest BCUT2D eigenvalue weighted by Crippen LogP contribution is 2.30. The molecule has 0 spiro atoms. The number of hydrogen-bond donors (Lipinski definition) is 1. The topological polar surface area (TPSA) is 25.2 Å². The van der Waals surface area contributed by atoms with Gasteiger partial charge in [-0.25, -0.2) is 0 Å². The molecular formula is C18H11NOSi. The van der Waals surface area contributed by atoms with E-state index >= 15 is 0 Å². The van der Waals surface area contributed by atoms with Gasteiger partial charge in [0, 0.05) is 27.3 Å². The van der Waals surface area contributed by atoms with Crippen molar-refractivity contribution in [2.45, 2.75) is 0 Å². The summed E-state index contributed by atoms with van der Waals surface area (Å²) in [5.74, 6) is 0. The maximum atomic E-state index is 6.13. The second kappa shape index (κ2) is 3.99. The monoisotopic (exact) mass is 285 g/mol. The van der Waals surface area contributed by atoms with E-state index in [-0.39, 0.29) is 0 Å². The lowest BCUT2D eigenvalue weighted by Crippen LogP contribution is -2.35. The molecule has 0 fully saturated rings. The Morgan fingerprint density at radius 3 is 2.62 bits per heavy atom. The van der Waals surface area contributed by atoms with Crippen LogP contribution in [0.3, 0.4) is 0 Å². The van der Waals surface area contributed by atoms with Crippen LogP contribution in [-0.2, 0) is 0 Å². The maximum Gasteiger partial charge on any atom is 0.136 e. The van der Waals surface area contributed by atoms with Crippen LogP contribution in [0.2, 0.25) is 0 Å². The molecule has 2 heterocycles. The van der Waals surface area contributed by atoms with Gasteiger partial charge in [0.2, 0.25) is 0 Å². The van der Waals surface area contributed by atoms with Crippen molar-refractivity contribution in [3.8, 4) is 0 Å². The Morgan fingerprint density at radius 2 is 1.62 bits per heavy atom. The highest BCUT2D eigenvalue weighted by atomic mass is 28.2. The summed E-state index contributed by atoms with van der Waals surface area (Å²) in [6.07, 6.45) is 0. The van der Waals surface area contributed by atoms with Gasteiger partial charge in [-0.2, -0.15) is 0 Å². The Morgan fingerprint density at radius 1 is 0.762 bits per heavy atom. The van der Waals surface area contributed by atoms with Crippen molar-refractivity contribution in [1.29, 1.82) is 0 Å². The Bertz CT molecular complexity index is 1000. The largest absolute Gasteiger partial charge is 0.456 e. The Labute approximate surface area is 124 Å². The van der Waals surface area contributed by atoms with Gasteiger partial charge in [-0.3, -0.25) is 0 Å². The van der Waals surface area contributed by atoms with Crippen molar-refractivity contribution in [2.24, 2.45) is 0 Å². The van der Waals surface area contributed by atoms with Crippen LogP contribution in [-0.4, -0.2) is 9.52 Å². The van der Waals surface area contributed by atoms with Gasteiger partial charge in [0.1, 0.15) is 20.7 Å². The van der Waals surface area contributed by atoms with Crippen LogP contribution in [0.25, 0.3) is 21.9 Å². The van der Waals surface area contributed by atoms with Crippen molar-refractivity contribution in [3.63, 3.8) is 0 Å². The summed E-state index contributed by atoms with van der Waals surface area (Å²) in [7, 11) is 0.626. The van der Waals surface area contributed by atoms with Crippen molar-refractivity contribution in [1.82, 2.24) is 0 Å². The standard InChI is InChI=1S/C18H11NOSi/c1-3-7-15-11(5-1)12-9-10-14-18(17(12)20-15)21-16-8-4-2-6-13(16)19-14/h1-10,19H. The first-order chi connectivity index (χ1) is 10.4. The number of nitrogens with one attached hydrogen (secondary N) is 1. The van der Waals surface area contributed by atoms with Crippen molar-refractivity contribution >= 4 is 53.2 Å². The van der Waals surface area contributed by atoms with E-state index < -0.39 is 0 Å². The van der Waals surface area contributed by atoms with E-state index in [4.69, 9.17) is 4.42 Å². The molecule has 21 heavy (non-hydrogen) atoms. The Balaban J connectivity index is 1.83. The third-order valence-electron chi connectivity index (χ3n) is 4.00. The molecule has 98 valence electrons. The second-order valence-electron chi connectivity index (χ2n) is 5.26. The first-order valence-electron chi connectivity index (χ1n) is 6.97. The highest BCUT2D eigenvalue weighted by Gasteiger charge is 2.20. The zero-order valence-corrected chi connectivity index (χ0v) is 12.2. The molecule has 0 saturated heterocycles. The van der Waals surface area contributed by atoms with Crippen molar-refractivity contribution in [3.05, 3.63) is 60.7 Å². The van der Waals surface area contributed by atoms with Gasteiger partial charge in [0.15, 0.2) is 0 Å². The van der Waals surface area contributed by atoms with Crippen molar-refractivity contribution < 1.29 is 4.42 Å². The third-order valence-corrected chi connectivity index (χ3v) is 5.45. The molecule has 0 saturated carbocycles. The second-order valence-corrected chi connectivity index (χ2v) is 6.55. The molecule has 5 rings (SSSR count). The number of rotatable bonds is 0. The fraction of sp³-hybridized carbons (Fsp3) is 0. The summed E-state index contributed by atoms with van der Waals surface area (Å²) in [4.78, 5) is 0. The summed E-state index contributed by atoms with van der Waals surface area (Å²) in [6, 6.07) is 21.1. The molecule has 2 nitrogen and oxygen atoms in total. The van der Waals surface area contributed by atoms with E-state index in [0.717, 1.165) is 11.2 Å². The minimum absolute atomic E-state index is 0.626. The summed E-state index contributed by atoms with van der Waals surface area (Å²) in [5.41, 5.74) is 4.36. The molecule has 4 aromatic rings. The van der Waals surface area contributed by atoms with E-state index in [1.54, 1.807) is 0 Å². The fourth-order valence-corrected chi connectivity index (χ4v) is 4.31. The minimum atomic E-state index is 0.626. The van der Waals surface area contributed by atoms with Crippen LogP contribution >= 0.6 is 0 Å². The highest BCUT2D eigenvalue weighted by molar-refractivity contribution is 6.73. The van der Waals surface area contributed by atoms with Gasteiger partial charge in [-0.05, 0) is 29.5 Å². The average molecular weight is 285 g/mol. The van der Waals surface area contributed by atoms with Crippen LogP contribution in [0.5, 0.6) is 0 Å². The van der Waals surface area contributed by atoms with Gasteiger partial charge in [0.05, 0.1) is 0 Å². The lowest BCUT2D eigenvalue weighted by Gasteiger charge is -2.20. The molecule has 2 radical (unpaired) electrons. The summed E-state index contributed by atoms with van der Waals surface area (Å²) in [6.45, 7) is 0. The molecular weight excluding hydrogens is 274 g/mol. The predicted molar refractivity (Wildman–Crippen MR) is 88.5 cm³/mol. The molecule has 1 aliphatic rings. The Hall–Kier alpha value is -2.52. The van der Waals surface area contributed by atoms with Gasteiger partial charge in [-0.1, -0.05) is 36.4 Å². The summed E-state index contributed by atoms with van der Waals surface area (Å²) >= 11 is 0. The van der Waals surface area contributed by atoms with Gasteiger partial charge < -0.3 is 9.73 Å². The molecule has 0 unspecified atom stereocenters. The Kier molecular flexibility index (Phi) is 2.12. The molecule has 0 amide bonds. The lowest BCUT2D eigenvalue weighted by atomic mass is 10.1. The molecule has 0 aliphatic carbocycles. The third kappa shape index (κ3) is 1.52. The van der Waals surface area contributed by atoms with E-state index in [1.165, 1.54) is 32.5 Å². The van der Waals surface area contributed by atoms with Crippen LogP contribution in [0.4, 0.5) is 11.4 Å². The van der Waals surface area contributed by atoms with Crippen LogP contribution < -0.4 is 15.7 Å². The number of fused-ring (bicyclic) bond motifs is 6. The predicted octanol–water partition coefficient (Wildman–Crippen LogP) is 3.30. The molecule has 3 aromatic carbocycles.